The predicted molar refractivity (Wildman–Crippen MR) is 162 cm³/mol. The lowest BCUT2D eigenvalue weighted by Crippen LogP contribution is -2.04. The molecule has 0 radical (unpaired) electrons. The first-order valence-electron chi connectivity index (χ1n) is 14.6. The molecule has 0 saturated heterocycles. The highest BCUT2D eigenvalue weighted by Crippen LogP contribution is 2.39. The Morgan fingerprint density at radius 1 is 0.683 bits per heavy atom. The van der Waals surface area contributed by atoms with Crippen LogP contribution in [0.1, 0.15) is 80.0 Å². The Labute approximate surface area is 242 Å². The summed E-state index contributed by atoms with van der Waals surface area (Å²) < 4.78 is 12.2. The average Bonchev–Trinajstić information content (AvgIpc) is 3.47. The molecule has 214 valence electrons. The lowest BCUT2D eigenvalue weighted by atomic mass is 9.89. The van der Waals surface area contributed by atoms with Crippen LogP contribution in [0.2, 0.25) is 0 Å². The van der Waals surface area contributed by atoms with E-state index in [1.54, 1.807) is 38.1 Å². The Morgan fingerprint density at radius 2 is 1.20 bits per heavy atom. The maximum Gasteiger partial charge on any atom is 0.338 e. The minimum atomic E-state index is -0.340. The van der Waals surface area contributed by atoms with Crippen molar-refractivity contribution >= 4 is 11.9 Å². The SMILES string of the molecule is CCCCCCCCn1cc(-c2c(-c3ccc(C(=O)OCC)cc3)cccc2-c2ccc(C(=O)OCC)cc2)nn1. The first kappa shape index (κ1) is 29.7. The van der Waals surface area contributed by atoms with Crippen molar-refractivity contribution in [3.8, 4) is 33.5 Å². The van der Waals surface area contributed by atoms with Gasteiger partial charge in [0.2, 0.25) is 0 Å². The molecular weight excluding hydrogens is 514 g/mol. The van der Waals surface area contributed by atoms with Crippen LogP contribution in [-0.2, 0) is 16.0 Å². The van der Waals surface area contributed by atoms with Crippen LogP contribution in [0.15, 0.2) is 72.9 Å². The lowest BCUT2D eigenvalue weighted by Gasteiger charge is -2.15. The van der Waals surface area contributed by atoms with Gasteiger partial charge in [-0.25, -0.2) is 9.59 Å². The van der Waals surface area contributed by atoms with E-state index in [0.29, 0.717) is 24.3 Å². The maximum absolute atomic E-state index is 12.2. The van der Waals surface area contributed by atoms with Crippen molar-refractivity contribution in [1.82, 2.24) is 15.0 Å². The molecule has 0 amide bonds. The molecule has 41 heavy (non-hydrogen) atoms. The Bertz CT molecular complexity index is 1350. The van der Waals surface area contributed by atoms with Crippen molar-refractivity contribution in [2.24, 2.45) is 0 Å². The van der Waals surface area contributed by atoms with Crippen LogP contribution < -0.4 is 0 Å². The number of rotatable bonds is 14. The summed E-state index contributed by atoms with van der Waals surface area (Å²) in [6, 6.07) is 21.0. The molecule has 0 saturated carbocycles. The summed E-state index contributed by atoms with van der Waals surface area (Å²) in [6.45, 7) is 7.30. The second-order valence-corrected chi connectivity index (χ2v) is 9.96. The first-order chi connectivity index (χ1) is 20.0. The fourth-order valence-electron chi connectivity index (χ4n) is 4.89. The van der Waals surface area contributed by atoms with Crippen LogP contribution in [0.5, 0.6) is 0 Å². The lowest BCUT2D eigenvalue weighted by molar-refractivity contribution is 0.0517. The molecule has 4 rings (SSSR count). The molecule has 0 atom stereocenters. The number of carbonyl (C=O) groups excluding carboxylic acids is 2. The van der Waals surface area contributed by atoms with Gasteiger partial charge in [0.25, 0.3) is 0 Å². The van der Waals surface area contributed by atoms with E-state index >= 15 is 0 Å². The number of hydrogen-bond acceptors (Lipinski definition) is 6. The van der Waals surface area contributed by atoms with Crippen molar-refractivity contribution in [3.05, 3.63) is 84.1 Å². The molecule has 4 aromatic rings. The molecule has 0 fully saturated rings. The number of ether oxygens (including phenoxy) is 2. The molecule has 1 heterocycles. The highest BCUT2D eigenvalue weighted by molar-refractivity contribution is 5.95. The van der Waals surface area contributed by atoms with Gasteiger partial charge >= 0.3 is 11.9 Å². The summed E-state index contributed by atoms with van der Waals surface area (Å²) in [5.41, 5.74) is 6.56. The van der Waals surface area contributed by atoms with Crippen molar-refractivity contribution in [3.63, 3.8) is 0 Å². The first-order valence-corrected chi connectivity index (χ1v) is 14.6. The third-order valence-electron chi connectivity index (χ3n) is 7.01. The smallest absolute Gasteiger partial charge is 0.338 e. The van der Waals surface area contributed by atoms with E-state index in [1.165, 1.54) is 32.1 Å². The molecule has 0 spiro atoms. The van der Waals surface area contributed by atoms with Gasteiger partial charge in [-0.05, 0) is 66.8 Å². The van der Waals surface area contributed by atoms with Crippen molar-refractivity contribution < 1.29 is 19.1 Å². The summed E-state index contributed by atoms with van der Waals surface area (Å²) >= 11 is 0. The summed E-state index contributed by atoms with van der Waals surface area (Å²) in [5, 5.41) is 9.05. The van der Waals surface area contributed by atoms with E-state index in [-0.39, 0.29) is 11.9 Å². The number of unbranched alkanes of at least 4 members (excludes halogenated alkanes) is 5. The zero-order valence-electron chi connectivity index (χ0n) is 24.3. The third kappa shape index (κ3) is 7.69. The standard InChI is InChI=1S/C34H39N3O4/c1-4-7-8-9-10-11-23-37-24-31(35-36-37)32-29(25-15-19-27(20-16-25)33(38)40-5-2)13-12-14-30(32)26-17-21-28(22-18-26)34(39)41-6-3/h12-22,24H,4-11,23H2,1-3H3. The van der Waals surface area contributed by atoms with E-state index < -0.39 is 0 Å². The van der Waals surface area contributed by atoms with Crippen LogP contribution in [0.25, 0.3) is 33.5 Å². The quantitative estimate of drug-likeness (QED) is 0.116. The second kappa shape index (κ2) is 14.9. The van der Waals surface area contributed by atoms with Crippen molar-refractivity contribution in [2.45, 2.75) is 65.8 Å². The van der Waals surface area contributed by atoms with Gasteiger partial charge in [-0.2, -0.15) is 0 Å². The minimum Gasteiger partial charge on any atom is -0.462 e. The van der Waals surface area contributed by atoms with Gasteiger partial charge < -0.3 is 9.47 Å². The van der Waals surface area contributed by atoms with Gasteiger partial charge in [0.15, 0.2) is 0 Å². The van der Waals surface area contributed by atoms with Crippen LogP contribution >= 0.6 is 0 Å². The van der Waals surface area contributed by atoms with E-state index in [9.17, 15) is 9.59 Å². The Morgan fingerprint density at radius 3 is 1.71 bits per heavy atom. The molecule has 0 N–H and O–H groups in total. The summed E-state index contributed by atoms with van der Waals surface area (Å²) in [4.78, 5) is 24.4. The number of aryl methyl sites for hydroxylation is 1. The summed E-state index contributed by atoms with van der Waals surface area (Å²) in [7, 11) is 0. The van der Waals surface area contributed by atoms with Gasteiger partial charge in [0.05, 0.1) is 30.5 Å². The van der Waals surface area contributed by atoms with Gasteiger partial charge in [0.1, 0.15) is 5.69 Å². The van der Waals surface area contributed by atoms with Gasteiger partial charge in [0, 0.05) is 12.1 Å². The van der Waals surface area contributed by atoms with E-state index in [2.05, 4.69) is 29.4 Å². The maximum atomic E-state index is 12.2. The fraction of sp³-hybridized carbons (Fsp3) is 0.353. The molecule has 0 bridgehead atoms. The Balaban J connectivity index is 1.69. The fourth-order valence-corrected chi connectivity index (χ4v) is 4.89. The molecule has 3 aromatic carbocycles. The summed E-state index contributed by atoms with van der Waals surface area (Å²) in [5.74, 6) is -0.681. The zero-order chi connectivity index (χ0) is 29.0. The molecule has 0 aliphatic heterocycles. The van der Waals surface area contributed by atoms with Crippen molar-refractivity contribution in [1.29, 1.82) is 0 Å². The number of carbonyl (C=O) groups is 2. The molecule has 0 aliphatic rings. The molecule has 7 nitrogen and oxygen atoms in total. The van der Waals surface area contributed by atoms with Crippen LogP contribution in [0.4, 0.5) is 0 Å². The van der Waals surface area contributed by atoms with Gasteiger partial charge in [-0.15, -0.1) is 5.10 Å². The zero-order valence-corrected chi connectivity index (χ0v) is 24.3. The second-order valence-electron chi connectivity index (χ2n) is 9.96. The van der Waals surface area contributed by atoms with Crippen LogP contribution in [-0.4, -0.2) is 40.1 Å². The largest absolute Gasteiger partial charge is 0.462 e. The average molecular weight is 554 g/mol. The molecule has 1 aromatic heterocycles. The number of benzene rings is 3. The molecule has 0 unspecified atom stereocenters. The monoisotopic (exact) mass is 553 g/mol. The highest BCUT2D eigenvalue weighted by atomic mass is 16.5. The van der Waals surface area contributed by atoms with Crippen LogP contribution in [0, 0.1) is 0 Å². The topological polar surface area (TPSA) is 83.3 Å². The normalized spacial score (nSPS) is 10.9. The van der Waals surface area contributed by atoms with Gasteiger partial charge in [-0.1, -0.05) is 86.7 Å². The number of hydrogen-bond donors (Lipinski definition) is 0. The Hall–Kier alpha value is -4.26. The molecule has 0 aliphatic carbocycles. The van der Waals surface area contributed by atoms with Crippen LogP contribution in [0.3, 0.4) is 0 Å². The van der Waals surface area contributed by atoms with E-state index in [1.807, 2.05) is 41.2 Å². The predicted octanol–water partition coefficient (Wildman–Crippen LogP) is 7.99. The number of aromatic nitrogens is 3. The van der Waals surface area contributed by atoms with Crippen molar-refractivity contribution in [2.75, 3.05) is 13.2 Å². The molecule has 7 heteroatoms. The summed E-state index contributed by atoms with van der Waals surface area (Å²) in [6.07, 6.45) is 9.29. The van der Waals surface area contributed by atoms with E-state index in [4.69, 9.17) is 9.47 Å². The number of esters is 2. The van der Waals surface area contributed by atoms with E-state index in [0.717, 1.165) is 46.5 Å². The third-order valence-corrected chi connectivity index (χ3v) is 7.01. The highest BCUT2D eigenvalue weighted by Gasteiger charge is 2.18. The minimum absolute atomic E-state index is 0.329. The number of nitrogens with zero attached hydrogens (tertiary/aromatic N) is 3. The van der Waals surface area contributed by atoms with Gasteiger partial charge in [-0.3, -0.25) is 4.68 Å². The Kier molecular flexibility index (Phi) is 10.8. The molecular formula is C34H39N3O4.